The van der Waals surface area contributed by atoms with Crippen molar-refractivity contribution in [2.24, 2.45) is 5.10 Å². The third-order valence-electron chi connectivity index (χ3n) is 3.26. The Morgan fingerprint density at radius 3 is 2.57 bits per heavy atom. The fraction of sp³-hybridized carbons (Fsp3) is 0.125. The molecule has 3 rings (SSSR count). The largest absolute Gasteiger partial charge is 0.416 e. The Kier molecular flexibility index (Phi) is 3.77. The van der Waals surface area contributed by atoms with Gasteiger partial charge in [0.25, 0.3) is 0 Å². The average Bonchev–Trinajstić information content (AvgIpc) is 2.88. The number of aryl methyl sites for hydroxylation is 1. The minimum atomic E-state index is -4.33. The Morgan fingerprint density at radius 2 is 1.87 bits per heavy atom. The maximum absolute atomic E-state index is 12.5. The molecule has 118 valence electrons. The molecule has 0 atom stereocenters. The van der Waals surface area contributed by atoms with Crippen LogP contribution in [0.25, 0.3) is 11.0 Å². The van der Waals surface area contributed by atoms with Crippen LogP contribution in [-0.4, -0.2) is 16.2 Å². The quantitative estimate of drug-likeness (QED) is 0.557. The van der Waals surface area contributed by atoms with Gasteiger partial charge in [-0.1, -0.05) is 18.2 Å². The van der Waals surface area contributed by atoms with Gasteiger partial charge in [0.2, 0.25) is 5.95 Å². The fourth-order valence-electron chi connectivity index (χ4n) is 2.10. The van der Waals surface area contributed by atoms with Crippen molar-refractivity contribution in [3.05, 3.63) is 59.2 Å². The van der Waals surface area contributed by atoms with Crippen molar-refractivity contribution in [3.63, 3.8) is 0 Å². The third-order valence-corrected chi connectivity index (χ3v) is 3.26. The molecule has 0 aliphatic carbocycles. The number of anilines is 1. The van der Waals surface area contributed by atoms with Gasteiger partial charge in [-0.3, -0.25) is 0 Å². The molecule has 0 saturated heterocycles. The van der Waals surface area contributed by atoms with Crippen molar-refractivity contribution in [1.82, 2.24) is 9.97 Å². The molecule has 23 heavy (non-hydrogen) atoms. The van der Waals surface area contributed by atoms with Crippen molar-refractivity contribution in [3.8, 4) is 0 Å². The van der Waals surface area contributed by atoms with Gasteiger partial charge < -0.3 is 4.98 Å². The lowest BCUT2D eigenvalue weighted by atomic mass is 10.1. The summed E-state index contributed by atoms with van der Waals surface area (Å²) in [5.74, 6) is 0.466. The molecule has 0 fully saturated rings. The number of nitrogens with zero attached hydrogens (tertiary/aromatic N) is 2. The molecule has 7 heteroatoms. The van der Waals surface area contributed by atoms with Gasteiger partial charge in [-0.15, -0.1) is 0 Å². The normalized spacial score (nSPS) is 12.2. The molecule has 0 aliphatic rings. The molecule has 4 nitrogen and oxygen atoms in total. The maximum Gasteiger partial charge on any atom is 0.416 e. The van der Waals surface area contributed by atoms with Gasteiger partial charge >= 0.3 is 6.18 Å². The Labute approximate surface area is 130 Å². The van der Waals surface area contributed by atoms with E-state index >= 15 is 0 Å². The van der Waals surface area contributed by atoms with Crippen molar-refractivity contribution < 1.29 is 13.2 Å². The van der Waals surface area contributed by atoms with Gasteiger partial charge in [-0.25, -0.2) is 10.4 Å². The van der Waals surface area contributed by atoms with Crippen molar-refractivity contribution in [1.29, 1.82) is 0 Å². The second-order valence-corrected chi connectivity index (χ2v) is 5.10. The topological polar surface area (TPSA) is 53.1 Å². The summed E-state index contributed by atoms with van der Waals surface area (Å²) in [7, 11) is 0. The number of benzene rings is 2. The molecule has 0 unspecified atom stereocenters. The monoisotopic (exact) mass is 318 g/mol. The molecule has 0 spiro atoms. The van der Waals surface area contributed by atoms with Gasteiger partial charge in [-0.05, 0) is 42.3 Å². The predicted octanol–water partition coefficient (Wildman–Crippen LogP) is 4.34. The summed E-state index contributed by atoms with van der Waals surface area (Å²) in [5.41, 5.74) is 5.40. The number of aromatic nitrogens is 2. The molecular formula is C16H13F3N4. The summed E-state index contributed by atoms with van der Waals surface area (Å²) >= 11 is 0. The van der Waals surface area contributed by atoms with E-state index in [2.05, 4.69) is 20.5 Å². The van der Waals surface area contributed by atoms with E-state index in [1.165, 1.54) is 18.3 Å². The lowest BCUT2D eigenvalue weighted by Crippen LogP contribution is -2.04. The summed E-state index contributed by atoms with van der Waals surface area (Å²) in [4.78, 5) is 7.37. The predicted molar refractivity (Wildman–Crippen MR) is 83.5 cm³/mol. The van der Waals surface area contributed by atoms with E-state index in [1.807, 2.05) is 25.1 Å². The molecule has 0 aliphatic heterocycles. The van der Waals surface area contributed by atoms with Crippen molar-refractivity contribution in [2.75, 3.05) is 5.43 Å². The molecule has 3 aromatic rings. The first-order valence-electron chi connectivity index (χ1n) is 6.84. The van der Waals surface area contributed by atoms with Crippen LogP contribution in [0.2, 0.25) is 0 Å². The lowest BCUT2D eigenvalue weighted by molar-refractivity contribution is -0.137. The molecule has 0 saturated carbocycles. The molecule has 2 aromatic carbocycles. The first-order chi connectivity index (χ1) is 10.9. The number of rotatable bonds is 3. The number of hydrogen-bond acceptors (Lipinski definition) is 3. The summed E-state index contributed by atoms with van der Waals surface area (Å²) in [6.45, 7) is 1.98. The number of halogens is 3. The van der Waals surface area contributed by atoms with E-state index < -0.39 is 11.7 Å². The highest BCUT2D eigenvalue weighted by atomic mass is 19.4. The molecular weight excluding hydrogens is 305 g/mol. The SMILES string of the molecule is Cc1ccc2nc(N/N=C\c3ccc(C(F)(F)F)cc3)[nH]c2c1. The van der Waals surface area contributed by atoms with Crippen LogP contribution in [0.15, 0.2) is 47.6 Å². The smallest absolute Gasteiger partial charge is 0.323 e. The number of H-pyrrole nitrogens is 1. The zero-order valence-corrected chi connectivity index (χ0v) is 12.1. The molecule has 0 bridgehead atoms. The van der Waals surface area contributed by atoms with Crippen LogP contribution < -0.4 is 5.43 Å². The van der Waals surface area contributed by atoms with Gasteiger partial charge in [-0.2, -0.15) is 18.3 Å². The van der Waals surface area contributed by atoms with Crippen LogP contribution in [0.1, 0.15) is 16.7 Å². The Balaban J connectivity index is 1.70. The summed E-state index contributed by atoms with van der Waals surface area (Å²) in [6.07, 6.45) is -2.90. The van der Waals surface area contributed by atoms with E-state index in [-0.39, 0.29) is 0 Å². The Hall–Kier alpha value is -2.83. The molecule has 0 amide bonds. The zero-order chi connectivity index (χ0) is 16.4. The van der Waals surface area contributed by atoms with Gasteiger partial charge in [0, 0.05) is 0 Å². The number of imidazole rings is 1. The second kappa shape index (κ2) is 5.75. The molecule has 0 radical (unpaired) electrons. The minimum Gasteiger partial charge on any atom is -0.323 e. The zero-order valence-electron chi connectivity index (χ0n) is 12.1. The fourth-order valence-corrected chi connectivity index (χ4v) is 2.10. The first kappa shape index (κ1) is 15.1. The van der Waals surface area contributed by atoms with E-state index in [1.54, 1.807) is 0 Å². The third kappa shape index (κ3) is 3.50. The number of hydrogen-bond donors (Lipinski definition) is 2. The van der Waals surface area contributed by atoms with E-state index in [0.717, 1.165) is 28.7 Å². The van der Waals surface area contributed by atoms with Crippen LogP contribution in [0.4, 0.5) is 19.1 Å². The van der Waals surface area contributed by atoms with Crippen LogP contribution >= 0.6 is 0 Å². The summed E-state index contributed by atoms with van der Waals surface area (Å²) in [6, 6.07) is 10.6. The van der Waals surface area contributed by atoms with E-state index in [4.69, 9.17) is 0 Å². The van der Waals surface area contributed by atoms with Gasteiger partial charge in [0.15, 0.2) is 0 Å². The second-order valence-electron chi connectivity index (χ2n) is 5.10. The number of fused-ring (bicyclic) bond motifs is 1. The average molecular weight is 318 g/mol. The molecule has 1 heterocycles. The minimum absolute atomic E-state index is 0.466. The highest BCUT2D eigenvalue weighted by Gasteiger charge is 2.29. The number of hydrazone groups is 1. The molecule has 1 aromatic heterocycles. The van der Waals surface area contributed by atoms with Gasteiger partial charge in [0.05, 0.1) is 22.8 Å². The highest BCUT2D eigenvalue weighted by Crippen LogP contribution is 2.28. The number of aromatic amines is 1. The first-order valence-corrected chi connectivity index (χ1v) is 6.84. The summed E-state index contributed by atoms with van der Waals surface area (Å²) < 4.78 is 37.4. The summed E-state index contributed by atoms with van der Waals surface area (Å²) in [5, 5.41) is 3.97. The van der Waals surface area contributed by atoms with Crippen LogP contribution in [-0.2, 0) is 6.18 Å². The highest BCUT2D eigenvalue weighted by molar-refractivity contribution is 5.81. The van der Waals surface area contributed by atoms with E-state index in [9.17, 15) is 13.2 Å². The number of nitrogens with one attached hydrogen (secondary N) is 2. The molecule has 2 N–H and O–H groups in total. The van der Waals surface area contributed by atoms with Crippen molar-refractivity contribution in [2.45, 2.75) is 13.1 Å². The Bertz CT molecular complexity index is 848. The van der Waals surface area contributed by atoms with Crippen LogP contribution in [0.3, 0.4) is 0 Å². The Morgan fingerprint density at radius 1 is 1.13 bits per heavy atom. The maximum atomic E-state index is 12.5. The van der Waals surface area contributed by atoms with Crippen LogP contribution in [0, 0.1) is 6.92 Å². The lowest BCUT2D eigenvalue weighted by Gasteiger charge is -2.05. The van der Waals surface area contributed by atoms with Gasteiger partial charge in [0.1, 0.15) is 0 Å². The van der Waals surface area contributed by atoms with Crippen LogP contribution in [0.5, 0.6) is 0 Å². The standard InChI is InChI=1S/C16H13F3N4/c1-10-2-7-13-14(8-10)22-15(21-13)23-20-9-11-3-5-12(6-4-11)16(17,18)19/h2-9H,1H3,(H2,21,22,23)/b20-9-. The van der Waals surface area contributed by atoms with Crippen molar-refractivity contribution >= 4 is 23.2 Å². The number of alkyl halides is 3. The van der Waals surface area contributed by atoms with E-state index in [0.29, 0.717) is 11.5 Å².